The molecule has 2 aromatic rings. The molecular formula is C11H11BrN2. The standard InChI is InChI=1S/C11H11BrN2/c12-10-4-3-8(5-6-13)11-9(10)2-1-7-14-11/h1-4,7H,5-6,13H2. The van der Waals surface area contributed by atoms with E-state index >= 15 is 0 Å². The normalized spacial score (nSPS) is 10.7. The van der Waals surface area contributed by atoms with E-state index in [0.717, 1.165) is 21.8 Å². The first kappa shape index (κ1) is 9.62. The lowest BCUT2D eigenvalue weighted by Gasteiger charge is -2.05. The predicted octanol–water partition coefficient (Wildman–Crippen LogP) is 2.50. The van der Waals surface area contributed by atoms with E-state index in [1.165, 1.54) is 5.56 Å². The molecule has 0 fully saturated rings. The molecule has 0 bridgehead atoms. The number of fused-ring (bicyclic) bond motifs is 1. The fraction of sp³-hybridized carbons (Fsp3) is 0.182. The summed E-state index contributed by atoms with van der Waals surface area (Å²) in [5.74, 6) is 0. The summed E-state index contributed by atoms with van der Waals surface area (Å²) < 4.78 is 1.08. The minimum absolute atomic E-state index is 0.660. The Balaban J connectivity index is 2.68. The molecule has 2 N–H and O–H groups in total. The van der Waals surface area contributed by atoms with E-state index in [1.807, 2.05) is 12.3 Å². The molecule has 1 aromatic carbocycles. The van der Waals surface area contributed by atoms with Crippen LogP contribution in [0.15, 0.2) is 34.9 Å². The van der Waals surface area contributed by atoms with Crippen molar-refractivity contribution in [3.8, 4) is 0 Å². The number of benzene rings is 1. The van der Waals surface area contributed by atoms with E-state index in [9.17, 15) is 0 Å². The Morgan fingerprint density at radius 3 is 2.93 bits per heavy atom. The maximum Gasteiger partial charge on any atom is 0.0745 e. The van der Waals surface area contributed by atoms with Crippen molar-refractivity contribution >= 4 is 26.8 Å². The van der Waals surface area contributed by atoms with Gasteiger partial charge < -0.3 is 5.73 Å². The quantitative estimate of drug-likeness (QED) is 0.890. The van der Waals surface area contributed by atoms with Gasteiger partial charge in [-0.25, -0.2) is 0 Å². The Morgan fingerprint density at radius 2 is 2.14 bits per heavy atom. The Hall–Kier alpha value is -0.930. The Labute approximate surface area is 91.3 Å². The number of rotatable bonds is 2. The summed E-state index contributed by atoms with van der Waals surface area (Å²) >= 11 is 3.51. The highest BCUT2D eigenvalue weighted by atomic mass is 79.9. The second kappa shape index (κ2) is 4.07. The third-order valence-electron chi connectivity index (χ3n) is 2.21. The number of pyridine rings is 1. The minimum atomic E-state index is 0.660. The van der Waals surface area contributed by atoms with Crippen LogP contribution in [0.5, 0.6) is 0 Å². The van der Waals surface area contributed by atoms with Crippen molar-refractivity contribution in [2.75, 3.05) is 6.54 Å². The molecule has 0 atom stereocenters. The van der Waals surface area contributed by atoms with Gasteiger partial charge in [-0.2, -0.15) is 0 Å². The van der Waals surface area contributed by atoms with Gasteiger partial charge in [0, 0.05) is 16.1 Å². The van der Waals surface area contributed by atoms with Crippen LogP contribution in [0, 0.1) is 0 Å². The van der Waals surface area contributed by atoms with Crippen molar-refractivity contribution in [3.05, 3.63) is 40.5 Å². The summed E-state index contributed by atoms with van der Waals surface area (Å²) in [6.45, 7) is 0.660. The van der Waals surface area contributed by atoms with Gasteiger partial charge in [-0.05, 0) is 30.7 Å². The van der Waals surface area contributed by atoms with Crippen molar-refractivity contribution < 1.29 is 0 Å². The molecule has 0 unspecified atom stereocenters. The molecule has 3 heteroatoms. The van der Waals surface area contributed by atoms with Crippen LogP contribution in [0.2, 0.25) is 0 Å². The average Bonchev–Trinajstić information content (AvgIpc) is 2.23. The lowest BCUT2D eigenvalue weighted by Crippen LogP contribution is -2.03. The van der Waals surface area contributed by atoms with E-state index in [2.05, 4.69) is 39.1 Å². The lowest BCUT2D eigenvalue weighted by molar-refractivity contribution is 0.973. The number of hydrogen-bond acceptors (Lipinski definition) is 2. The van der Waals surface area contributed by atoms with E-state index < -0.39 is 0 Å². The van der Waals surface area contributed by atoms with E-state index in [1.54, 1.807) is 0 Å². The minimum Gasteiger partial charge on any atom is -0.330 e. The van der Waals surface area contributed by atoms with Crippen LogP contribution in [-0.2, 0) is 6.42 Å². The Kier molecular flexibility index (Phi) is 2.79. The summed E-state index contributed by atoms with van der Waals surface area (Å²) in [7, 11) is 0. The number of hydrogen-bond donors (Lipinski definition) is 1. The third-order valence-corrected chi connectivity index (χ3v) is 2.91. The summed E-state index contributed by atoms with van der Waals surface area (Å²) in [5, 5.41) is 1.15. The molecule has 1 heterocycles. The molecule has 1 aromatic heterocycles. The topological polar surface area (TPSA) is 38.9 Å². The maximum absolute atomic E-state index is 5.55. The molecule has 72 valence electrons. The molecule has 14 heavy (non-hydrogen) atoms. The largest absolute Gasteiger partial charge is 0.330 e. The van der Waals surface area contributed by atoms with Gasteiger partial charge in [-0.3, -0.25) is 4.98 Å². The van der Waals surface area contributed by atoms with Gasteiger partial charge in [0.2, 0.25) is 0 Å². The Morgan fingerprint density at radius 1 is 1.29 bits per heavy atom. The van der Waals surface area contributed by atoms with Crippen LogP contribution in [0.1, 0.15) is 5.56 Å². The number of aromatic nitrogens is 1. The zero-order valence-electron chi connectivity index (χ0n) is 7.70. The average molecular weight is 251 g/mol. The van der Waals surface area contributed by atoms with E-state index in [-0.39, 0.29) is 0 Å². The second-order valence-electron chi connectivity index (χ2n) is 3.14. The second-order valence-corrected chi connectivity index (χ2v) is 4.00. The molecule has 2 rings (SSSR count). The summed E-state index contributed by atoms with van der Waals surface area (Å²) in [6, 6.07) is 8.13. The molecule has 0 radical (unpaired) electrons. The third kappa shape index (κ3) is 1.65. The first-order chi connectivity index (χ1) is 6.83. The van der Waals surface area contributed by atoms with Crippen LogP contribution >= 0.6 is 15.9 Å². The molecule has 0 aliphatic heterocycles. The SMILES string of the molecule is NCCc1ccc(Br)c2cccnc12. The van der Waals surface area contributed by atoms with Crippen molar-refractivity contribution in [3.63, 3.8) is 0 Å². The fourth-order valence-corrected chi connectivity index (χ4v) is 2.01. The molecule has 0 aliphatic carbocycles. The lowest BCUT2D eigenvalue weighted by atomic mass is 10.1. The van der Waals surface area contributed by atoms with Crippen LogP contribution in [0.3, 0.4) is 0 Å². The van der Waals surface area contributed by atoms with Gasteiger partial charge in [0.15, 0.2) is 0 Å². The highest BCUT2D eigenvalue weighted by molar-refractivity contribution is 9.10. The highest BCUT2D eigenvalue weighted by Crippen LogP contribution is 2.25. The smallest absolute Gasteiger partial charge is 0.0745 e. The molecule has 0 spiro atoms. The van der Waals surface area contributed by atoms with Crippen molar-refractivity contribution in [1.82, 2.24) is 4.98 Å². The van der Waals surface area contributed by atoms with Crippen LogP contribution in [0.25, 0.3) is 10.9 Å². The van der Waals surface area contributed by atoms with Gasteiger partial charge >= 0.3 is 0 Å². The van der Waals surface area contributed by atoms with Gasteiger partial charge in [0.1, 0.15) is 0 Å². The van der Waals surface area contributed by atoms with Crippen molar-refractivity contribution in [1.29, 1.82) is 0 Å². The summed E-state index contributed by atoms with van der Waals surface area (Å²) in [6.07, 6.45) is 2.69. The summed E-state index contributed by atoms with van der Waals surface area (Å²) in [4.78, 5) is 4.38. The predicted molar refractivity (Wildman–Crippen MR) is 62.2 cm³/mol. The zero-order chi connectivity index (χ0) is 9.97. The highest BCUT2D eigenvalue weighted by Gasteiger charge is 2.03. The van der Waals surface area contributed by atoms with E-state index in [0.29, 0.717) is 6.54 Å². The van der Waals surface area contributed by atoms with Crippen LogP contribution in [0.4, 0.5) is 0 Å². The number of nitrogens with two attached hydrogens (primary N) is 1. The van der Waals surface area contributed by atoms with Crippen LogP contribution in [-0.4, -0.2) is 11.5 Å². The van der Waals surface area contributed by atoms with E-state index in [4.69, 9.17) is 5.73 Å². The monoisotopic (exact) mass is 250 g/mol. The maximum atomic E-state index is 5.55. The van der Waals surface area contributed by atoms with Crippen molar-refractivity contribution in [2.45, 2.75) is 6.42 Å². The van der Waals surface area contributed by atoms with Crippen molar-refractivity contribution in [2.24, 2.45) is 5.73 Å². The molecule has 0 aliphatic rings. The molecule has 2 nitrogen and oxygen atoms in total. The first-order valence-electron chi connectivity index (χ1n) is 4.55. The first-order valence-corrected chi connectivity index (χ1v) is 5.34. The molecule has 0 amide bonds. The number of nitrogens with zero attached hydrogens (tertiary/aromatic N) is 1. The number of halogens is 1. The van der Waals surface area contributed by atoms with Crippen LogP contribution < -0.4 is 5.73 Å². The Bertz CT molecular complexity index is 454. The molecular weight excluding hydrogens is 240 g/mol. The zero-order valence-corrected chi connectivity index (χ0v) is 9.29. The van der Waals surface area contributed by atoms with Gasteiger partial charge in [0.25, 0.3) is 0 Å². The van der Waals surface area contributed by atoms with Gasteiger partial charge in [0.05, 0.1) is 5.52 Å². The summed E-state index contributed by atoms with van der Waals surface area (Å²) in [5.41, 5.74) is 7.81. The molecule has 0 saturated heterocycles. The molecule has 0 saturated carbocycles. The van der Waals surface area contributed by atoms with Gasteiger partial charge in [-0.15, -0.1) is 0 Å². The fourth-order valence-electron chi connectivity index (χ4n) is 1.55. The van der Waals surface area contributed by atoms with Gasteiger partial charge in [-0.1, -0.05) is 28.1 Å².